The van der Waals surface area contributed by atoms with E-state index in [1.807, 2.05) is 24.3 Å². The van der Waals surface area contributed by atoms with Crippen LogP contribution in [0.25, 0.3) is 22.1 Å². The monoisotopic (exact) mass is 319 g/mol. The molecule has 4 aromatic rings. The first-order valence-corrected chi connectivity index (χ1v) is 7.39. The van der Waals surface area contributed by atoms with Crippen molar-refractivity contribution in [2.75, 3.05) is 0 Å². The van der Waals surface area contributed by atoms with Crippen LogP contribution in [-0.4, -0.2) is 15.5 Å². The summed E-state index contributed by atoms with van der Waals surface area (Å²) in [5, 5.41) is 0.822. The zero-order valence-corrected chi connectivity index (χ0v) is 12.6. The van der Waals surface area contributed by atoms with Gasteiger partial charge in [0, 0.05) is 10.9 Å². The van der Waals surface area contributed by atoms with Crippen LogP contribution in [0.4, 0.5) is 0 Å². The highest BCUT2D eigenvalue weighted by atomic mass is 16.3. The predicted molar refractivity (Wildman–Crippen MR) is 89.8 cm³/mol. The minimum absolute atomic E-state index is 0.241. The second kappa shape index (κ2) is 5.34. The Morgan fingerprint density at radius 1 is 1.12 bits per heavy atom. The number of hydrogen-bond acceptors (Lipinski definition) is 4. The van der Waals surface area contributed by atoms with Crippen LogP contribution in [0.3, 0.4) is 0 Å². The van der Waals surface area contributed by atoms with Gasteiger partial charge in [0.25, 0.3) is 5.56 Å². The van der Waals surface area contributed by atoms with Gasteiger partial charge in [-0.25, -0.2) is 4.98 Å². The van der Waals surface area contributed by atoms with E-state index in [4.69, 9.17) is 10.2 Å². The molecule has 0 saturated heterocycles. The number of hydrogen-bond donors (Lipinski definition) is 1. The number of carbonyl (C=O) groups is 1. The SMILES string of the molecule is NC(=O)c1ccc(Cn2cnc3c(oc4ccccc43)c2=O)cc1. The van der Waals surface area contributed by atoms with E-state index in [1.165, 1.54) is 10.9 Å². The van der Waals surface area contributed by atoms with Crippen LogP contribution in [0.15, 0.2) is 64.1 Å². The van der Waals surface area contributed by atoms with Crippen LogP contribution >= 0.6 is 0 Å². The fourth-order valence-corrected chi connectivity index (χ4v) is 2.70. The lowest BCUT2D eigenvalue weighted by atomic mass is 10.1. The summed E-state index contributed by atoms with van der Waals surface area (Å²) in [6, 6.07) is 14.2. The molecule has 2 heterocycles. The second-order valence-electron chi connectivity index (χ2n) is 5.51. The largest absolute Gasteiger partial charge is 0.448 e. The van der Waals surface area contributed by atoms with Gasteiger partial charge in [0.15, 0.2) is 0 Å². The number of aromatic nitrogens is 2. The summed E-state index contributed by atoms with van der Waals surface area (Å²) in [4.78, 5) is 28.1. The van der Waals surface area contributed by atoms with Crippen molar-refractivity contribution in [2.45, 2.75) is 6.54 Å². The Kier molecular flexibility index (Phi) is 3.16. The van der Waals surface area contributed by atoms with Gasteiger partial charge in [-0.2, -0.15) is 0 Å². The zero-order valence-electron chi connectivity index (χ0n) is 12.6. The molecule has 0 atom stereocenters. The quantitative estimate of drug-likeness (QED) is 0.627. The number of rotatable bonds is 3. The zero-order chi connectivity index (χ0) is 16.7. The summed E-state index contributed by atoms with van der Waals surface area (Å²) in [5.41, 5.74) is 7.72. The minimum Gasteiger partial charge on any atom is -0.448 e. The summed E-state index contributed by atoms with van der Waals surface area (Å²) in [6.45, 7) is 0.331. The van der Waals surface area contributed by atoms with Crippen LogP contribution < -0.4 is 11.3 Å². The number of furan rings is 1. The third-order valence-corrected chi connectivity index (χ3v) is 3.94. The number of para-hydroxylation sites is 1. The Bertz CT molecular complexity index is 1120. The molecule has 118 valence electrons. The Morgan fingerprint density at radius 2 is 1.88 bits per heavy atom. The van der Waals surface area contributed by atoms with E-state index in [9.17, 15) is 9.59 Å². The molecule has 0 radical (unpaired) electrons. The van der Waals surface area contributed by atoms with Gasteiger partial charge in [0.05, 0.1) is 12.9 Å². The van der Waals surface area contributed by atoms with Crippen molar-refractivity contribution >= 4 is 28.0 Å². The average Bonchev–Trinajstić information content (AvgIpc) is 2.97. The number of benzene rings is 2. The predicted octanol–water partition coefficient (Wildman–Crippen LogP) is 2.29. The third kappa shape index (κ3) is 2.25. The minimum atomic E-state index is -0.482. The topological polar surface area (TPSA) is 91.1 Å². The highest BCUT2D eigenvalue weighted by molar-refractivity contribution is 6.01. The molecule has 1 amide bonds. The van der Waals surface area contributed by atoms with Gasteiger partial charge >= 0.3 is 0 Å². The summed E-state index contributed by atoms with van der Waals surface area (Å²) < 4.78 is 7.13. The van der Waals surface area contributed by atoms with Crippen LogP contribution in [-0.2, 0) is 6.54 Å². The van der Waals surface area contributed by atoms with E-state index in [0.29, 0.717) is 23.2 Å². The van der Waals surface area contributed by atoms with Crippen molar-refractivity contribution < 1.29 is 9.21 Å². The Balaban J connectivity index is 1.77. The maximum absolute atomic E-state index is 12.6. The number of primary amides is 1. The smallest absolute Gasteiger partial charge is 0.297 e. The first kappa shape index (κ1) is 14.2. The van der Waals surface area contributed by atoms with Crippen molar-refractivity contribution in [1.29, 1.82) is 0 Å². The van der Waals surface area contributed by atoms with E-state index in [0.717, 1.165) is 10.9 Å². The van der Waals surface area contributed by atoms with Crippen LogP contribution in [0.5, 0.6) is 0 Å². The Hall–Kier alpha value is -3.41. The van der Waals surface area contributed by atoms with E-state index in [2.05, 4.69) is 4.98 Å². The molecule has 0 bridgehead atoms. The number of carbonyl (C=O) groups excluding carboxylic acids is 1. The van der Waals surface area contributed by atoms with Gasteiger partial charge in [-0.1, -0.05) is 24.3 Å². The van der Waals surface area contributed by atoms with Crippen LogP contribution in [0.1, 0.15) is 15.9 Å². The average molecular weight is 319 g/mol. The molecule has 0 unspecified atom stereocenters. The number of nitrogens with zero attached hydrogens (tertiary/aromatic N) is 2. The maximum atomic E-state index is 12.6. The molecule has 6 nitrogen and oxygen atoms in total. The molecule has 2 aromatic carbocycles. The second-order valence-corrected chi connectivity index (χ2v) is 5.51. The van der Waals surface area contributed by atoms with Crippen LogP contribution in [0, 0.1) is 0 Å². The molecular weight excluding hydrogens is 306 g/mol. The van der Waals surface area contributed by atoms with E-state index < -0.39 is 5.91 Å². The lowest BCUT2D eigenvalue weighted by molar-refractivity contribution is 0.100. The lowest BCUT2D eigenvalue weighted by Crippen LogP contribution is -2.20. The molecule has 0 aliphatic carbocycles. The molecule has 0 saturated carbocycles. The van der Waals surface area contributed by atoms with Gasteiger partial charge in [-0.3, -0.25) is 14.2 Å². The molecule has 2 aromatic heterocycles. The molecule has 0 aliphatic rings. The molecular formula is C18H13N3O3. The van der Waals surface area contributed by atoms with Crippen molar-refractivity contribution in [2.24, 2.45) is 5.73 Å². The molecule has 4 rings (SSSR count). The first-order chi connectivity index (χ1) is 11.6. The Morgan fingerprint density at radius 3 is 2.62 bits per heavy atom. The number of amides is 1. The number of fused-ring (bicyclic) bond motifs is 3. The molecule has 2 N–H and O–H groups in total. The molecule has 24 heavy (non-hydrogen) atoms. The summed E-state index contributed by atoms with van der Waals surface area (Å²) in [5.74, 6) is -0.482. The van der Waals surface area contributed by atoms with Crippen molar-refractivity contribution in [3.05, 3.63) is 76.3 Å². The maximum Gasteiger partial charge on any atom is 0.297 e. The summed E-state index contributed by atoms with van der Waals surface area (Å²) in [6.07, 6.45) is 1.51. The fourth-order valence-electron chi connectivity index (χ4n) is 2.70. The lowest BCUT2D eigenvalue weighted by Gasteiger charge is -2.05. The van der Waals surface area contributed by atoms with Crippen molar-refractivity contribution in [1.82, 2.24) is 9.55 Å². The van der Waals surface area contributed by atoms with Crippen molar-refractivity contribution in [3.8, 4) is 0 Å². The van der Waals surface area contributed by atoms with E-state index in [-0.39, 0.29) is 11.1 Å². The van der Waals surface area contributed by atoms with Gasteiger partial charge in [0.1, 0.15) is 11.1 Å². The molecule has 0 spiro atoms. The van der Waals surface area contributed by atoms with E-state index in [1.54, 1.807) is 24.3 Å². The first-order valence-electron chi connectivity index (χ1n) is 7.39. The molecule has 0 fully saturated rings. The van der Waals surface area contributed by atoms with E-state index >= 15 is 0 Å². The molecule has 6 heteroatoms. The highest BCUT2D eigenvalue weighted by Gasteiger charge is 2.13. The summed E-state index contributed by atoms with van der Waals surface area (Å²) in [7, 11) is 0. The normalized spacial score (nSPS) is 11.2. The van der Waals surface area contributed by atoms with Crippen LogP contribution in [0.2, 0.25) is 0 Å². The van der Waals surface area contributed by atoms with Gasteiger partial charge in [-0.05, 0) is 29.8 Å². The third-order valence-electron chi connectivity index (χ3n) is 3.94. The molecule has 0 aliphatic heterocycles. The number of nitrogens with two attached hydrogens (primary N) is 1. The van der Waals surface area contributed by atoms with Gasteiger partial charge in [-0.15, -0.1) is 0 Å². The highest BCUT2D eigenvalue weighted by Crippen LogP contribution is 2.24. The standard InChI is InChI=1S/C18H13N3O3/c19-17(22)12-7-5-11(6-8-12)9-21-10-20-15-13-3-1-2-4-14(13)24-16(15)18(21)23/h1-8,10H,9H2,(H2,19,22). The van der Waals surface area contributed by atoms with Crippen molar-refractivity contribution in [3.63, 3.8) is 0 Å². The fraction of sp³-hybridized carbons (Fsp3) is 0.0556. The van der Waals surface area contributed by atoms with Gasteiger partial charge < -0.3 is 10.2 Å². The summed E-state index contributed by atoms with van der Waals surface area (Å²) >= 11 is 0. The van der Waals surface area contributed by atoms with Gasteiger partial charge in [0.2, 0.25) is 11.5 Å². The Labute approximate surface area is 136 Å².